The van der Waals surface area contributed by atoms with E-state index in [1.165, 1.54) is 11.1 Å². The molecule has 1 unspecified atom stereocenters. The first-order chi connectivity index (χ1) is 11.5. The van der Waals surface area contributed by atoms with Gasteiger partial charge in [-0.15, -0.1) is 0 Å². The molecule has 2 aromatic carbocycles. The molecule has 0 amide bonds. The lowest BCUT2D eigenvalue weighted by Crippen LogP contribution is -2.39. The number of aryl methyl sites for hydroxylation is 1. The molecule has 4 heteroatoms. The molecule has 1 fully saturated rings. The predicted octanol–water partition coefficient (Wildman–Crippen LogP) is 4.53. The fourth-order valence-electron chi connectivity index (χ4n) is 3.44. The Hall–Kier alpha value is -1.84. The minimum Gasteiger partial charge on any atom is -0.481 e. The van der Waals surface area contributed by atoms with E-state index in [1.807, 2.05) is 18.2 Å². The highest BCUT2D eigenvalue weighted by molar-refractivity contribution is 6.30. The summed E-state index contributed by atoms with van der Waals surface area (Å²) in [6.07, 6.45) is 1.39. The van der Waals surface area contributed by atoms with E-state index in [9.17, 15) is 9.90 Å². The topological polar surface area (TPSA) is 40.5 Å². The van der Waals surface area contributed by atoms with Crippen LogP contribution in [0.4, 0.5) is 0 Å². The number of hydrogen-bond donors (Lipinski definition) is 1. The van der Waals surface area contributed by atoms with Gasteiger partial charge in [0.1, 0.15) is 0 Å². The first-order valence-corrected chi connectivity index (χ1v) is 8.71. The Kier molecular flexibility index (Phi) is 5.22. The predicted molar refractivity (Wildman–Crippen MR) is 96.4 cm³/mol. The molecule has 24 heavy (non-hydrogen) atoms. The van der Waals surface area contributed by atoms with Gasteiger partial charge in [-0.3, -0.25) is 9.69 Å². The molecule has 3 rings (SSSR count). The van der Waals surface area contributed by atoms with E-state index >= 15 is 0 Å². The van der Waals surface area contributed by atoms with E-state index in [0.717, 1.165) is 23.7 Å². The SMILES string of the molecule is Cc1ccc(C(c2cccc(Cl)c2)N2CCC(C(=O)O)CC2)cc1. The highest BCUT2D eigenvalue weighted by Crippen LogP contribution is 2.33. The molecule has 0 aromatic heterocycles. The highest BCUT2D eigenvalue weighted by atomic mass is 35.5. The molecule has 126 valence electrons. The molecule has 0 saturated carbocycles. The average molecular weight is 344 g/mol. The van der Waals surface area contributed by atoms with Gasteiger partial charge in [0.15, 0.2) is 0 Å². The molecule has 2 aromatic rings. The zero-order valence-corrected chi connectivity index (χ0v) is 14.5. The van der Waals surface area contributed by atoms with Crippen molar-refractivity contribution in [2.24, 2.45) is 5.92 Å². The second kappa shape index (κ2) is 7.37. The van der Waals surface area contributed by atoms with Crippen LogP contribution in [-0.2, 0) is 4.79 Å². The largest absolute Gasteiger partial charge is 0.481 e. The van der Waals surface area contributed by atoms with E-state index in [4.69, 9.17) is 11.6 Å². The maximum Gasteiger partial charge on any atom is 0.306 e. The van der Waals surface area contributed by atoms with Gasteiger partial charge in [0.05, 0.1) is 12.0 Å². The van der Waals surface area contributed by atoms with Crippen LogP contribution in [0.1, 0.15) is 35.6 Å². The van der Waals surface area contributed by atoms with Gasteiger partial charge in [-0.1, -0.05) is 53.6 Å². The number of rotatable bonds is 4. The lowest BCUT2D eigenvalue weighted by molar-refractivity contribution is -0.143. The fraction of sp³-hybridized carbons (Fsp3) is 0.350. The van der Waals surface area contributed by atoms with Crippen LogP contribution in [0.3, 0.4) is 0 Å². The third-order valence-corrected chi connectivity index (χ3v) is 5.04. The van der Waals surface area contributed by atoms with Crippen molar-refractivity contribution in [3.05, 3.63) is 70.2 Å². The molecular weight excluding hydrogens is 322 g/mol. The lowest BCUT2D eigenvalue weighted by Gasteiger charge is -2.37. The molecule has 1 aliphatic rings. The third-order valence-electron chi connectivity index (χ3n) is 4.80. The zero-order valence-electron chi connectivity index (χ0n) is 13.8. The molecule has 0 radical (unpaired) electrons. The fourth-order valence-corrected chi connectivity index (χ4v) is 3.64. The van der Waals surface area contributed by atoms with Gasteiger partial charge in [-0.25, -0.2) is 0 Å². The van der Waals surface area contributed by atoms with Gasteiger partial charge in [-0.05, 0) is 56.1 Å². The summed E-state index contributed by atoms with van der Waals surface area (Å²) in [5, 5.41) is 9.96. The van der Waals surface area contributed by atoms with Crippen LogP contribution >= 0.6 is 11.6 Å². The summed E-state index contributed by atoms with van der Waals surface area (Å²) in [4.78, 5) is 13.6. The van der Waals surface area contributed by atoms with Crippen molar-refractivity contribution in [1.82, 2.24) is 4.90 Å². The summed E-state index contributed by atoms with van der Waals surface area (Å²) >= 11 is 6.21. The first-order valence-electron chi connectivity index (χ1n) is 8.33. The van der Waals surface area contributed by atoms with Gasteiger partial charge in [0.2, 0.25) is 0 Å². The van der Waals surface area contributed by atoms with Crippen LogP contribution in [0.15, 0.2) is 48.5 Å². The molecule has 1 saturated heterocycles. The Labute approximate surface area is 147 Å². The van der Waals surface area contributed by atoms with Gasteiger partial charge >= 0.3 is 5.97 Å². The summed E-state index contributed by atoms with van der Waals surface area (Å²) in [5.74, 6) is -0.899. The van der Waals surface area contributed by atoms with Crippen molar-refractivity contribution in [2.45, 2.75) is 25.8 Å². The van der Waals surface area contributed by atoms with Crippen molar-refractivity contribution in [2.75, 3.05) is 13.1 Å². The van der Waals surface area contributed by atoms with Crippen LogP contribution in [0.2, 0.25) is 5.02 Å². The number of carboxylic acid groups (broad SMARTS) is 1. The first kappa shape index (κ1) is 17.0. The van der Waals surface area contributed by atoms with E-state index in [0.29, 0.717) is 12.8 Å². The van der Waals surface area contributed by atoms with Crippen LogP contribution in [-0.4, -0.2) is 29.1 Å². The molecule has 1 aliphatic heterocycles. The van der Waals surface area contributed by atoms with Crippen molar-refractivity contribution in [3.8, 4) is 0 Å². The van der Waals surface area contributed by atoms with E-state index < -0.39 is 5.97 Å². The van der Waals surface area contributed by atoms with Crippen LogP contribution in [0.25, 0.3) is 0 Å². The minimum atomic E-state index is -0.677. The molecule has 1 heterocycles. The molecule has 3 nitrogen and oxygen atoms in total. The van der Waals surface area contributed by atoms with Crippen LogP contribution in [0, 0.1) is 12.8 Å². The van der Waals surface area contributed by atoms with Gasteiger partial charge in [0, 0.05) is 5.02 Å². The van der Waals surface area contributed by atoms with Crippen LogP contribution < -0.4 is 0 Å². The number of aliphatic carboxylic acids is 1. The summed E-state index contributed by atoms with van der Waals surface area (Å²) in [5.41, 5.74) is 3.60. The maximum absolute atomic E-state index is 11.2. The smallest absolute Gasteiger partial charge is 0.306 e. The summed E-state index contributed by atoms with van der Waals surface area (Å²) < 4.78 is 0. The monoisotopic (exact) mass is 343 g/mol. The Morgan fingerprint density at radius 2 is 1.79 bits per heavy atom. The molecule has 0 bridgehead atoms. The highest BCUT2D eigenvalue weighted by Gasteiger charge is 2.30. The molecule has 0 aliphatic carbocycles. The van der Waals surface area contributed by atoms with Crippen LogP contribution in [0.5, 0.6) is 0 Å². The van der Waals surface area contributed by atoms with Crippen molar-refractivity contribution in [1.29, 1.82) is 0 Å². The van der Waals surface area contributed by atoms with Crippen molar-refractivity contribution in [3.63, 3.8) is 0 Å². The minimum absolute atomic E-state index is 0.110. The summed E-state index contributed by atoms with van der Waals surface area (Å²) in [6, 6.07) is 16.6. The van der Waals surface area contributed by atoms with Gasteiger partial charge in [0.25, 0.3) is 0 Å². The Morgan fingerprint density at radius 3 is 2.38 bits per heavy atom. The molecule has 1 atom stereocenters. The maximum atomic E-state index is 11.2. The second-order valence-electron chi connectivity index (χ2n) is 6.52. The molecule has 1 N–H and O–H groups in total. The second-order valence-corrected chi connectivity index (χ2v) is 6.95. The lowest BCUT2D eigenvalue weighted by atomic mass is 9.91. The van der Waals surface area contributed by atoms with Crippen molar-refractivity contribution >= 4 is 17.6 Å². The van der Waals surface area contributed by atoms with E-state index in [-0.39, 0.29) is 12.0 Å². The Morgan fingerprint density at radius 1 is 1.12 bits per heavy atom. The Bertz CT molecular complexity index is 706. The van der Waals surface area contributed by atoms with E-state index in [1.54, 1.807) is 0 Å². The summed E-state index contributed by atoms with van der Waals surface area (Å²) in [7, 11) is 0. The number of nitrogens with zero attached hydrogens (tertiary/aromatic N) is 1. The quantitative estimate of drug-likeness (QED) is 0.886. The number of likely N-dealkylation sites (tertiary alicyclic amines) is 1. The number of hydrogen-bond acceptors (Lipinski definition) is 2. The number of carboxylic acids is 1. The van der Waals surface area contributed by atoms with Crippen molar-refractivity contribution < 1.29 is 9.90 Å². The third kappa shape index (κ3) is 3.80. The normalized spacial score (nSPS) is 17.6. The molecule has 0 spiro atoms. The number of piperidine rings is 1. The van der Waals surface area contributed by atoms with E-state index in [2.05, 4.69) is 42.2 Å². The average Bonchev–Trinajstić information content (AvgIpc) is 2.57. The van der Waals surface area contributed by atoms with Gasteiger partial charge < -0.3 is 5.11 Å². The molecular formula is C20H22ClNO2. The number of benzene rings is 2. The number of halogens is 1. The standard InChI is InChI=1S/C20H22ClNO2/c1-14-5-7-15(8-6-14)19(17-3-2-4-18(21)13-17)22-11-9-16(10-12-22)20(23)24/h2-8,13,16,19H,9-12H2,1H3,(H,23,24). The number of carbonyl (C=O) groups is 1. The van der Waals surface area contributed by atoms with Gasteiger partial charge in [-0.2, -0.15) is 0 Å². The zero-order chi connectivity index (χ0) is 17.1. The Balaban J connectivity index is 1.91. The summed E-state index contributed by atoms with van der Waals surface area (Å²) in [6.45, 7) is 3.64.